The van der Waals surface area contributed by atoms with E-state index in [0.717, 1.165) is 31.7 Å². The minimum absolute atomic E-state index is 0.131. The maximum atomic E-state index is 5.83. The van der Waals surface area contributed by atoms with Gasteiger partial charge in [0.25, 0.3) is 0 Å². The SMILES string of the molecule is Nc1nc(Cl)cc(Nc2cnn(C[C@H]3CCCO3)c2)n1. The van der Waals surface area contributed by atoms with Gasteiger partial charge in [0.1, 0.15) is 11.0 Å². The van der Waals surface area contributed by atoms with E-state index in [2.05, 4.69) is 20.4 Å². The molecule has 1 fully saturated rings. The van der Waals surface area contributed by atoms with E-state index in [0.29, 0.717) is 11.0 Å². The monoisotopic (exact) mass is 294 g/mol. The number of halogens is 1. The molecule has 1 aliphatic rings. The first kappa shape index (κ1) is 13.1. The molecule has 0 saturated carbocycles. The second kappa shape index (κ2) is 5.64. The number of rotatable bonds is 4. The average Bonchev–Trinajstić information content (AvgIpc) is 3.01. The molecule has 106 valence electrons. The van der Waals surface area contributed by atoms with Crippen LogP contribution in [0.15, 0.2) is 18.5 Å². The van der Waals surface area contributed by atoms with E-state index in [1.165, 1.54) is 0 Å². The fourth-order valence-corrected chi connectivity index (χ4v) is 2.36. The zero-order valence-electron chi connectivity index (χ0n) is 10.8. The van der Waals surface area contributed by atoms with Crippen molar-refractivity contribution in [2.75, 3.05) is 17.7 Å². The third-order valence-electron chi connectivity index (χ3n) is 3.03. The van der Waals surface area contributed by atoms with Crippen LogP contribution in [-0.4, -0.2) is 32.5 Å². The molecule has 7 nitrogen and oxygen atoms in total. The van der Waals surface area contributed by atoms with Crippen LogP contribution in [0.25, 0.3) is 0 Å². The molecule has 0 amide bonds. The molecule has 0 radical (unpaired) electrons. The highest BCUT2D eigenvalue weighted by Crippen LogP contribution is 2.19. The molecule has 0 aliphatic carbocycles. The third-order valence-corrected chi connectivity index (χ3v) is 3.23. The summed E-state index contributed by atoms with van der Waals surface area (Å²) in [6.07, 6.45) is 6.08. The summed E-state index contributed by atoms with van der Waals surface area (Å²) >= 11 is 5.83. The van der Waals surface area contributed by atoms with Crippen molar-refractivity contribution in [2.24, 2.45) is 0 Å². The van der Waals surface area contributed by atoms with E-state index in [4.69, 9.17) is 22.1 Å². The molecule has 1 saturated heterocycles. The van der Waals surface area contributed by atoms with Crippen molar-refractivity contribution in [1.29, 1.82) is 0 Å². The van der Waals surface area contributed by atoms with Gasteiger partial charge in [0.05, 0.1) is 24.5 Å². The van der Waals surface area contributed by atoms with Crippen LogP contribution in [-0.2, 0) is 11.3 Å². The normalized spacial score (nSPS) is 18.4. The highest BCUT2D eigenvalue weighted by Gasteiger charge is 2.16. The maximum absolute atomic E-state index is 5.83. The van der Waals surface area contributed by atoms with E-state index in [-0.39, 0.29) is 12.1 Å². The minimum atomic E-state index is 0.131. The molecule has 1 aliphatic heterocycles. The average molecular weight is 295 g/mol. The second-order valence-corrected chi connectivity index (χ2v) is 5.03. The summed E-state index contributed by atoms with van der Waals surface area (Å²) in [6, 6.07) is 1.61. The number of nitrogens with one attached hydrogen (secondary N) is 1. The van der Waals surface area contributed by atoms with E-state index in [9.17, 15) is 0 Å². The van der Waals surface area contributed by atoms with Crippen molar-refractivity contribution in [2.45, 2.75) is 25.5 Å². The molecule has 3 N–H and O–H groups in total. The molecule has 0 bridgehead atoms. The van der Waals surface area contributed by atoms with Crippen LogP contribution in [0.1, 0.15) is 12.8 Å². The van der Waals surface area contributed by atoms with Gasteiger partial charge in [0.15, 0.2) is 0 Å². The summed E-state index contributed by atoms with van der Waals surface area (Å²) in [5.41, 5.74) is 6.36. The standard InChI is InChI=1S/C12H15ClN6O/c13-10-4-11(18-12(14)17-10)16-8-5-15-19(6-8)7-9-2-1-3-20-9/h4-6,9H,1-3,7H2,(H3,14,16,17,18)/t9-/m1/s1. The molecule has 20 heavy (non-hydrogen) atoms. The van der Waals surface area contributed by atoms with Gasteiger partial charge in [-0.05, 0) is 12.8 Å². The highest BCUT2D eigenvalue weighted by molar-refractivity contribution is 6.29. The second-order valence-electron chi connectivity index (χ2n) is 4.65. The first-order valence-electron chi connectivity index (χ1n) is 6.40. The predicted octanol–water partition coefficient (Wildman–Crippen LogP) is 1.83. The molecular formula is C12H15ClN6O. The number of nitrogens with zero attached hydrogens (tertiary/aromatic N) is 4. The Bertz CT molecular complexity index is 575. The van der Waals surface area contributed by atoms with Crippen LogP contribution < -0.4 is 11.1 Å². The lowest BCUT2D eigenvalue weighted by Gasteiger charge is -2.08. The Morgan fingerprint density at radius 1 is 1.50 bits per heavy atom. The molecule has 0 unspecified atom stereocenters. The zero-order chi connectivity index (χ0) is 13.9. The summed E-state index contributed by atoms with van der Waals surface area (Å²) in [4.78, 5) is 7.86. The Morgan fingerprint density at radius 2 is 2.40 bits per heavy atom. The molecule has 0 aromatic carbocycles. The van der Waals surface area contributed by atoms with E-state index in [1.807, 2.05) is 10.9 Å². The molecule has 2 aromatic heterocycles. The first-order chi connectivity index (χ1) is 9.69. The van der Waals surface area contributed by atoms with Gasteiger partial charge in [0, 0.05) is 18.9 Å². The van der Waals surface area contributed by atoms with Crippen LogP contribution in [0.5, 0.6) is 0 Å². The van der Waals surface area contributed by atoms with Crippen molar-refractivity contribution < 1.29 is 4.74 Å². The van der Waals surface area contributed by atoms with Gasteiger partial charge in [-0.15, -0.1) is 0 Å². The molecule has 8 heteroatoms. The lowest BCUT2D eigenvalue weighted by atomic mass is 10.2. The smallest absolute Gasteiger partial charge is 0.223 e. The minimum Gasteiger partial charge on any atom is -0.376 e. The number of aromatic nitrogens is 4. The van der Waals surface area contributed by atoms with Crippen LogP contribution in [0.3, 0.4) is 0 Å². The van der Waals surface area contributed by atoms with E-state index in [1.54, 1.807) is 12.3 Å². The fraction of sp³-hybridized carbons (Fsp3) is 0.417. The number of nitrogen functional groups attached to an aromatic ring is 1. The van der Waals surface area contributed by atoms with Crippen molar-refractivity contribution in [3.05, 3.63) is 23.6 Å². The van der Waals surface area contributed by atoms with Crippen LogP contribution in [0.2, 0.25) is 5.15 Å². The van der Waals surface area contributed by atoms with Crippen molar-refractivity contribution in [3.63, 3.8) is 0 Å². The van der Waals surface area contributed by atoms with Crippen LogP contribution in [0, 0.1) is 0 Å². The van der Waals surface area contributed by atoms with E-state index < -0.39 is 0 Å². The fourth-order valence-electron chi connectivity index (χ4n) is 2.17. The lowest BCUT2D eigenvalue weighted by molar-refractivity contribution is 0.0940. The summed E-state index contributed by atoms with van der Waals surface area (Å²) in [7, 11) is 0. The van der Waals surface area contributed by atoms with Gasteiger partial charge in [0.2, 0.25) is 5.95 Å². The van der Waals surface area contributed by atoms with Gasteiger partial charge < -0.3 is 15.8 Å². The van der Waals surface area contributed by atoms with Gasteiger partial charge in [-0.2, -0.15) is 10.1 Å². The summed E-state index contributed by atoms with van der Waals surface area (Å²) in [5.74, 6) is 0.672. The molecule has 0 spiro atoms. The number of ether oxygens (including phenoxy) is 1. The number of hydrogen-bond acceptors (Lipinski definition) is 6. The Balaban J connectivity index is 1.67. The zero-order valence-corrected chi connectivity index (χ0v) is 11.5. The molecule has 3 heterocycles. The van der Waals surface area contributed by atoms with Crippen molar-refractivity contribution in [1.82, 2.24) is 19.7 Å². The van der Waals surface area contributed by atoms with Gasteiger partial charge >= 0.3 is 0 Å². The number of anilines is 3. The van der Waals surface area contributed by atoms with E-state index >= 15 is 0 Å². The quantitative estimate of drug-likeness (QED) is 0.836. The topological polar surface area (TPSA) is 90.9 Å². The van der Waals surface area contributed by atoms with Crippen molar-refractivity contribution >= 4 is 29.1 Å². The Labute approximate surface area is 121 Å². The summed E-state index contributed by atoms with van der Waals surface area (Å²) < 4.78 is 7.43. The first-order valence-corrected chi connectivity index (χ1v) is 6.78. The van der Waals surface area contributed by atoms with Gasteiger partial charge in [-0.1, -0.05) is 11.6 Å². The lowest BCUT2D eigenvalue weighted by Crippen LogP contribution is -2.15. The Kier molecular flexibility index (Phi) is 3.70. The largest absolute Gasteiger partial charge is 0.376 e. The number of nitrogens with two attached hydrogens (primary N) is 1. The molecular weight excluding hydrogens is 280 g/mol. The summed E-state index contributed by atoms with van der Waals surface area (Å²) in [6.45, 7) is 1.60. The maximum Gasteiger partial charge on any atom is 0.223 e. The molecule has 1 atom stereocenters. The summed E-state index contributed by atoms with van der Waals surface area (Å²) in [5, 5.41) is 7.68. The van der Waals surface area contributed by atoms with Gasteiger partial charge in [-0.3, -0.25) is 4.68 Å². The number of hydrogen-bond donors (Lipinski definition) is 2. The molecule has 3 rings (SSSR count). The Morgan fingerprint density at radius 3 is 3.15 bits per heavy atom. The van der Waals surface area contributed by atoms with Gasteiger partial charge in [-0.25, -0.2) is 4.98 Å². The highest BCUT2D eigenvalue weighted by atomic mass is 35.5. The van der Waals surface area contributed by atoms with Crippen LogP contribution in [0.4, 0.5) is 17.5 Å². The van der Waals surface area contributed by atoms with Crippen LogP contribution >= 0.6 is 11.6 Å². The predicted molar refractivity (Wildman–Crippen MR) is 75.9 cm³/mol. The third kappa shape index (κ3) is 3.17. The molecule has 2 aromatic rings. The van der Waals surface area contributed by atoms with Crippen molar-refractivity contribution in [3.8, 4) is 0 Å². The Hall–Kier alpha value is -1.86.